The molecule has 1 aromatic carbocycles. The van der Waals surface area contributed by atoms with Gasteiger partial charge in [-0.05, 0) is 24.6 Å². The van der Waals surface area contributed by atoms with Crippen LogP contribution in [-0.4, -0.2) is 55.1 Å². The van der Waals surface area contributed by atoms with Crippen LogP contribution in [-0.2, 0) is 14.3 Å². The van der Waals surface area contributed by atoms with Gasteiger partial charge >= 0.3 is 12.3 Å². The van der Waals surface area contributed by atoms with Crippen LogP contribution in [0.25, 0.3) is 0 Å². The number of anilines is 1. The number of esters is 1. The van der Waals surface area contributed by atoms with Crippen LogP contribution >= 0.6 is 11.6 Å². The van der Waals surface area contributed by atoms with Crippen molar-refractivity contribution in [3.63, 3.8) is 0 Å². The van der Waals surface area contributed by atoms with Gasteiger partial charge in [-0.1, -0.05) is 11.6 Å². The molecule has 1 aliphatic rings. The second-order valence-corrected chi connectivity index (χ2v) is 5.97. The first-order valence-corrected chi connectivity index (χ1v) is 7.99. The summed E-state index contributed by atoms with van der Waals surface area (Å²) in [5, 5.41) is 11.4. The average Bonchev–Trinajstić information content (AvgIpc) is 2.87. The second kappa shape index (κ2) is 8.05. The molecule has 0 spiro atoms. The number of nitrogens with one attached hydrogen (secondary N) is 1. The van der Waals surface area contributed by atoms with Crippen molar-refractivity contribution in [2.24, 2.45) is 0 Å². The number of amides is 1. The third kappa shape index (κ3) is 4.83. The molecule has 0 aliphatic carbocycles. The molecule has 0 unspecified atom stereocenters. The quantitative estimate of drug-likeness (QED) is 0.702. The van der Waals surface area contributed by atoms with Crippen LogP contribution in [0.1, 0.15) is 5.56 Å². The number of hydrogen-bond donors (Lipinski definition) is 2. The number of rotatable bonds is 6. The summed E-state index contributed by atoms with van der Waals surface area (Å²) in [4.78, 5) is 25.6. The Kier molecular flexibility index (Phi) is 6.22. The fraction of sp³-hybridized carbons (Fsp3) is 0.375. The van der Waals surface area contributed by atoms with E-state index < -0.39 is 24.0 Å². The summed E-state index contributed by atoms with van der Waals surface area (Å²) in [6.07, 6.45) is -4.90. The number of hydrogen-bond acceptors (Lipinski definition) is 6. The van der Waals surface area contributed by atoms with Gasteiger partial charge < -0.3 is 24.8 Å². The van der Waals surface area contributed by atoms with Crippen molar-refractivity contribution in [2.45, 2.75) is 13.3 Å². The fourth-order valence-corrected chi connectivity index (χ4v) is 2.68. The lowest BCUT2D eigenvalue weighted by atomic mass is 10.1. The zero-order chi connectivity index (χ0) is 20.4. The molecular formula is C16H16ClF3N2O5. The predicted octanol–water partition coefficient (Wildman–Crippen LogP) is 2.22. The minimum Gasteiger partial charge on any atom is -0.466 e. The maximum atomic E-state index is 12.5. The minimum atomic E-state index is -4.90. The van der Waals surface area contributed by atoms with Crippen molar-refractivity contribution in [3.05, 3.63) is 34.0 Å². The van der Waals surface area contributed by atoms with Crippen LogP contribution in [0.15, 0.2) is 23.4 Å². The standard InChI is InChI=1S/C16H16ClF3N2O5/c1-8-5-12(27-16(18,19)20)10(17)6-11(8)21-13-9(15(25)26-2)7-22(3-4-23)14(13)24/h5-6,21,23H,3-4,7H2,1-2H3. The van der Waals surface area contributed by atoms with Crippen molar-refractivity contribution < 1.29 is 37.3 Å². The van der Waals surface area contributed by atoms with Gasteiger partial charge in [-0.2, -0.15) is 0 Å². The maximum absolute atomic E-state index is 12.5. The van der Waals surface area contributed by atoms with Gasteiger partial charge in [0.2, 0.25) is 0 Å². The molecule has 148 valence electrons. The van der Waals surface area contributed by atoms with E-state index in [0.29, 0.717) is 5.56 Å². The van der Waals surface area contributed by atoms with Gasteiger partial charge in [0.15, 0.2) is 0 Å². The Morgan fingerprint density at radius 2 is 2.07 bits per heavy atom. The summed E-state index contributed by atoms with van der Waals surface area (Å²) < 4.78 is 45.7. The number of methoxy groups -OCH3 is 1. The van der Waals surface area contributed by atoms with Gasteiger partial charge in [-0.3, -0.25) is 4.79 Å². The number of carbonyl (C=O) groups excluding carboxylic acids is 2. The molecule has 2 N–H and O–H groups in total. The first kappa shape index (κ1) is 20.8. The maximum Gasteiger partial charge on any atom is 0.573 e. The molecule has 0 fully saturated rings. The summed E-state index contributed by atoms with van der Waals surface area (Å²) in [6, 6.07) is 2.21. The van der Waals surface area contributed by atoms with Crippen molar-refractivity contribution in [1.29, 1.82) is 0 Å². The summed E-state index contributed by atoms with van der Waals surface area (Å²) in [7, 11) is 1.15. The Morgan fingerprint density at radius 1 is 1.41 bits per heavy atom. The van der Waals surface area contributed by atoms with Crippen LogP contribution in [0.2, 0.25) is 5.02 Å². The van der Waals surface area contributed by atoms with Crippen molar-refractivity contribution in [2.75, 3.05) is 32.1 Å². The van der Waals surface area contributed by atoms with Crippen molar-refractivity contribution in [3.8, 4) is 5.75 Å². The van der Waals surface area contributed by atoms with Gasteiger partial charge in [0.05, 0.1) is 30.9 Å². The number of alkyl halides is 3. The minimum absolute atomic E-state index is 0.00259. The molecule has 0 saturated heterocycles. The van der Waals surface area contributed by atoms with Gasteiger partial charge in [0.25, 0.3) is 5.91 Å². The van der Waals surface area contributed by atoms with Gasteiger partial charge in [0.1, 0.15) is 11.4 Å². The van der Waals surface area contributed by atoms with Crippen LogP contribution in [0.3, 0.4) is 0 Å². The molecule has 0 atom stereocenters. The molecule has 0 radical (unpaired) electrons. The van der Waals surface area contributed by atoms with Crippen molar-refractivity contribution >= 4 is 29.2 Å². The first-order chi connectivity index (χ1) is 12.6. The highest BCUT2D eigenvalue weighted by Crippen LogP contribution is 2.35. The Balaban J connectivity index is 2.37. The lowest BCUT2D eigenvalue weighted by Gasteiger charge is -2.17. The van der Waals surface area contributed by atoms with Crippen molar-refractivity contribution in [1.82, 2.24) is 4.90 Å². The second-order valence-electron chi connectivity index (χ2n) is 5.57. The molecule has 0 bridgehead atoms. The van der Waals surface area contributed by atoms with Crippen LogP contribution in [0.5, 0.6) is 5.75 Å². The van der Waals surface area contributed by atoms with Gasteiger partial charge in [0, 0.05) is 12.2 Å². The molecule has 1 amide bonds. The molecule has 2 rings (SSSR count). The Labute approximate surface area is 157 Å². The number of nitrogens with zero attached hydrogens (tertiary/aromatic N) is 1. The summed E-state index contributed by atoms with van der Waals surface area (Å²) >= 11 is 5.83. The molecule has 11 heteroatoms. The molecule has 1 heterocycles. The van der Waals surface area contributed by atoms with E-state index in [2.05, 4.69) is 14.8 Å². The van der Waals surface area contributed by atoms with E-state index in [4.69, 9.17) is 16.7 Å². The fourth-order valence-electron chi connectivity index (χ4n) is 2.48. The van der Waals surface area contributed by atoms with Crippen LogP contribution < -0.4 is 10.1 Å². The molecule has 1 aliphatic heterocycles. The molecule has 27 heavy (non-hydrogen) atoms. The Hall–Kier alpha value is -2.46. The van der Waals surface area contributed by atoms with Gasteiger partial charge in [-0.15, -0.1) is 13.2 Å². The topological polar surface area (TPSA) is 88.1 Å². The number of β-amino-alcohol motifs (C(OH)–C–C–N with tert-alkyl or cyclic N) is 1. The normalized spacial score (nSPS) is 14.6. The lowest BCUT2D eigenvalue weighted by molar-refractivity contribution is -0.274. The van der Waals surface area contributed by atoms with Gasteiger partial charge in [-0.25, -0.2) is 4.79 Å². The Morgan fingerprint density at radius 3 is 2.63 bits per heavy atom. The zero-order valence-corrected chi connectivity index (χ0v) is 15.1. The molecule has 7 nitrogen and oxygen atoms in total. The van der Waals surface area contributed by atoms with E-state index in [0.717, 1.165) is 19.2 Å². The first-order valence-electron chi connectivity index (χ1n) is 7.62. The molecule has 0 aromatic heterocycles. The SMILES string of the molecule is COC(=O)C1=C(Nc2cc(Cl)c(OC(F)(F)F)cc2C)C(=O)N(CCO)C1. The van der Waals surface area contributed by atoms with E-state index in [1.54, 1.807) is 0 Å². The number of benzene rings is 1. The van der Waals surface area contributed by atoms with E-state index in [1.165, 1.54) is 11.8 Å². The van der Waals surface area contributed by atoms with Crippen LogP contribution in [0, 0.1) is 6.92 Å². The number of aryl methyl sites for hydroxylation is 1. The lowest BCUT2D eigenvalue weighted by Crippen LogP contribution is -2.31. The third-order valence-electron chi connectivity index (χ3n) is 3.72. The Bertz CT molecular complexity index is 795. The van der Waals surface area contributed by atoms with E-state index >= 15 is 0 Å². The van der Waals surface area contributed by atoms with Crippen LogP contribution in [0.4, 0.5) is 18.9 Å². The number of halogens is 4. The molecular weight excluding hydrogens is 393 g/mol. The third-order valence-corrected chi connectivity index (χ3v) is 4.01. The zero-order valence-electron chi connectivity index (χ0n) is 14.3. The largest absolute Gasteiger partial charge is 0.573 e. The van der Waals surface area contributed by atoms with E-state index in [9.17, 15) is 22.8 Å². The van der Waals surface area contributed by atoms with E-state index in [-0.39, 0.29) is 41.7 Å². The summed E-state index contributed by atoms with van der Waals surface area (Å²) in [6.45, 7) is 1.10. The summed E-state index contributed by atoms with van der Waals surface area (Å²) in [5.41, 5.74) is 0.440. The smallest absolute Gasteiger partial charge is 0.466 e. The number of aliphatic hydroxyl groups is 1. The predicted molar refractivity (Wildman–Crippen MR) is 89.2 cm³/mol. The number of aliphatic hydroxyl groups excluding tert-OH is 1. The highest BCUT2D eigenvalue weighted by Gasteiger charge is 2.35. The van der Waals surface area contributed by atoms with E-state index in [1.807, 2.05) is 0 Å². The number of ether oxygens (including phenoxy) is 2. The highest BCUT2D eigenvalue weighted by atomic mass is 35.5. The number of carbonyl (C=O) groups is 2. The molecule has 1 aromatic rings. The highest BCUT2D eigenvalue weighted by molar-refractivity contribution is 6.32. The monoisotopic (exact) mass is 408 g/mol. The average molecular weight is 409 g/mol. The molecule has 0 saturated carbocycles. The summed E-state index contributed by atoms with van der Waals surface area (Å²) in [5.74, 6) is -1.89.